The number of para-hydroxylation sites is 1. The Balaban J connectivity index is 0.00000121. The topological polar surface area (TPSA) is 43.4 Å². The highest BCUT2D eigenvalue weighted by atomic mass is 32.2. The third-order valence-electron chi connectivity index (χ3n) is 0.991. The van der Waals surface area contributed by atoms with E-state index in [1.54, 1.807) is 30.3 Å². The average Bonchev–Trinajstić information content (AvgIpc) is 1.85. The van der Waals surface area contributed by atoms with E-state index >= 15 is 0 Å². The van der Waals surface area contributed by atoms with Gasteiger partial charge in [0.25, 0.3) is 0 Å². The average molecular weight is 206 g/mol. The molecule has 0 aliphatic heterocycles. The maximum Gasteiger partial charge on any atom is 0.306 e. The molecule has 0 radical (unpaired) electrons. The normalized spacial score (nSPS) is 10.1. The van der Waals surface area contributed by atoms with E-state index in [-0.39, 0.29) is 13.5 Å². The van der Waals surface area contributed by atoms with Crippen molar-refractivity contribution in [1.82, 2.24) is 0 Å². The Morgan fingerprint density at radius 3 is 2.08 bits per heavy atom. The monoisotopic (exact) mass is 206 g/mol. The van der Waals surface area contributed by atoms with Crippen molar-refractivity contribution in [1.29, 1.82) is 0 Å². The molecule has 3 nitrogen and oxygen atoms in total. The summed E-state index contributed by atoms with van der Waals surface area (Å²) in [7, 11) is -3.38. The molecule has 0 saturated heterocycles. The molecule has 0 atom stereocenters. The highest BCUT2D eigenvalue weighted by Gasteiger charge is 2.01. The standard InChI is InChI=1S/C7H8O3S.H2S/c1-11(8,9)10-7-5-3-2-4-6-7;/h2-6H,1H3;1H2. The highest BCUT2D eigenvalue weighted by Crippen LogP contribution is 2.09. The Morgan fingerprint density at radius 1 is 1.17 bits per heavy atom. The van der Waals surface area contributed by atoms with E-state index in [1.807, 2.05) is 0 Å². The first-order valence-electron chi connectivity index (χ1n) is 3.02. The van der Waals surface area contributed by atoms with Crippen LogP contribution in [0.1, 0.15) is 0 Å². The zero-order valence-electron chi connectivity index (χ0n) is 6.52. The van der Waals surface area contributed by atoms with Crippen LogP contribution in [0.2, 0.25) is 0 Å². The van der Waals surface area contributed by atoms with Gasteiger partial charge in [0.15, 0.2) is 0 Å². The molecule has 1 aromatic rings. The molecule has 68 valence electrons. The van der Waals surface area contributed by atoms with E-state index in [1.165, 1.54) is 0 Å². The molecule has 5 heteroatoms. The fraction of sp³-hybridized carbons (Fsp3) is 0.143. The molecule has 0 aromatic heterocycles. The van der Waals surface area contributed by atoms with Gasteiger partial charge in [-0.3, -0.25) is 0 Å². The zero-order valence-corrected chi connectivity index (χ0v) is 8.34. The quantitative estimate of drug-likeness (QED) is 0.681. The van der Waals surface area contributed by atoms with Crippen LogP contribution < -0.4 is 4.18 Å². The van der Waals surface area contributed by atoms with Gasteiger partial charge in [-0.05, 0) is 12.1 Å². The first kappa shape index (κ1) is 11.3. The predicted molar refractivity (Wildman–Crippen MR) is 52.3 cm³/mol. The molecule has 12 heavy (non-hydrogen) atoms. The summed E-state index contributed by atoms with van der Waals surface area (Å²) in [5.41, 5.74) is 0. The van der Waals surface area contributed by atoms with Gasteiger partial charge in [-0.2, -0.15) is 21.9 Å². The van der Waals surface area contributed by atoms with E-state index in [4.69, 9.17) is 0 Å². The lowest BCUT2D eigenvalue weighted by Crippen LogP contribution is -2.05. The summed E-state index contributed by atoms with van der Waals surface area (Å²) in [6.45, 7) is 0. The van der Waals surface area contributed by atoms with Crippen LogP contribution in [0.25, 0.3) is 0 Å². The lowest BCUT2D eigenvalue weighted by atomic mass is 10.3. The molecule has 0 aliphatic rings. The molecule has 0 fully saturated rings. The summed E-state index contributed by atoms with van der Waals surface area (Å²) in [5, 5.41) is 0. The minimum Gasteiger partial charge on any atom is -0.383 e. The number of hydrogen-bond donors (Lipinski definition) is 0. The summed E-state index contributed by atoms with van der Waals surface area (Å²) >= 11 is 0. The van der Waals surface area contributed by atoms with Crippen LogP contribution in [0.4, 0.5) is 0 Å². The number of rotatable bonds is 2. The molecule has 0 saturated carbocycles. The largest absolute Gasteiger partial charge is 0.383 e. The first-order valence-corrected chi connectivity index (χ1v) is 4.84. The lowest BCUT2D eigenvalue weighted by Gasteiger charge is -1.99. The van der Waals surface area contributed by atoms with Crippen molar-refractivity contribution in [2.45, 2.75) is 0 Å². The third kappa shape index (κ3) is 4.25. The number of hydrogen-bond acceptors (Lipinski definition) is 3. The van der Waals surface area contributed by atoms with Crippen molar-refractivity contribution in [3.63, 3.8) is 0 Å². The van der Waals surface area contributed by atoms with Crippen molar-refractivity contribution in [3.8, 4) is 5.75 Å². The van der Waals surface area contributed by atoms with Gasteiger partial charge in [0.1, 0.15) is 5.75 Å². The molecule has 0 bridgehead atoms. The van der Waals surface area contributed by atoms with Crippen LogP contribution in [0, 0.1) is 0 Å². The molecule has 0 N–H and O–H groups in total. The molecule has 0 amide bonds. The molecule has 0 unspecified atom stereocenters. The van der Waals surface area contributed by atoms with Gasteiger partial charge in [0, 0.05) is 0 Å². The fourth-order valence-corrected chi connectivity index (χ4v) is 1.11. The maximum atomic E-state index is 10.6. The Hall–Kier alpha value is -0.680. The summed E-state index contributed by atoms with van der Waals surface area (Å²) in [6, 6.07) is 8.37. The van der Waals surface area contributed by atoms with Crippen molar-refractivity contribution < 1.29 is 12.6 Å². The van der Waals surface area contributed by atoms with Crippen molar-refractivity contribution in [2.24, 2.45) is 0 Å². The van der Waals surface area contributed by atoms with Crippen molar-refractivity contribution in [3.05, 3.63) is 30.3 Å². The Morgan fingerprint density at radius 2 is 1.67 bits per heavy atom. The summed E-state index contributed by atoms with van der Waals surface area (Å²) < 4.78 is 25.7. The van der Waals surface area contributed by atoms with Crippen LogP contribution in [0.5, 0.6) is 5.75 Å². The Labute approximate surface area is 78.9 Å². The molecule has 0 aliphatic carbocycles. The Bertz CT molecular complexity index is 318. The maximum absolute atomic E-state index is 10.6. The molecule has 0 heterocycles. The molecular formula is C7H10O3S2. The van der Waals surface area contributed by atoms with Gasteiger partial charge >= 0.3 is 10.1 Å². The van der Waals surface area contributed by atoms with Crippen molar-refractivity contribution >= 4 is 23.6 Å². The predicted octanol–water partition coefficient (Wildman–Crippen LogP) is 1.14. The SMILES string of the molecule is CS(=O)(=O)Oc1ccccc1.S. The van der Waals surface area contributed by atoms with Crippen molar-refractivity contribution in [2.75, 3.05) is 6.26 Å². The van der Waals surface area contributed by atoms with Crippen LogP contribution >= 0.6 is 13.5 Å². The van der Waals surface area contributed by atoms with E-state index < -0.39 is 10.1 Å². The molecular weight excluding hydrogens is 196 g/mol. The fourth-order valence-electron chi connectivity index (χ4n) is 0.651. The zero-order chi connectivity index (χ0) is 8.32. The van der Waals surface area contributed by atoms with Gasteiger partial charge < -0.3 is 4.18 Å². The highest BCUT2D eigenvalue weighted by molar-refractivity contribution is 7.86. The van der Waals surface area contributed by atoms with E-state index in [2.05, 4.69) is 4.18 Å². The van der Waals surface area contributed by atoms with Gasteiger partial charge in [-0.1, -0.05) is 18.2 Å². The summed E-state index contributed by atoms with van der Waals surface area (Å²) in [6.07, 6.45) is 1.01. The van der Waals surface area contributed by atoms with E-state index in [0.29, 0.717) is 5.75 Å². The second-order valence-corrected chi connectivity index (χ2v) is 3.68. The van der Waals surface area contributed by atoms with E-state index in [0.717, 1.165) is 6.26 Å². The van der Waals surface area contributed by atoms with Crippen LogP contribution in [-0.4, -0.2) is 14.7 Å². The second kappa shape index (κ2) is 4.37. The van der Waals surface area contributed by atoms with Crippen LogP contribution in [-0.2, 0) is 10.1 Å². The minimum atomic E-state index is -3.38. The lowest BCUT2D eigenvalue weighted by molar-refractivity contribution is 0.493. The third-order valence-corrected chi connectivity index (χ3v) is 1.49. The molecule has 1 aromatic carbocycles. The Kier molecular flexibility index (Phi) is 4.12. The van der Waals surface area contributed by atoms with Gasteiger partial charge in [0.05, 0.1) is 6.26 Å². The minimum absolute atomic E-state index is 0. The smallest absolute Gasteiger partial charge is 0.306 e. The molecule has 0 spiro atoms. The van der Waals surface area contributed by atoms with Gasteiger partial charge in [-0.15, -0.1) is 0 Å². The van der Waals surface area contributed by atoms with Crippen LogP contribution in [0.3, 0.4) is 0 Å². The second-order valence-electron chi connectivity index (χ2n) is 2.10. The van der Waals surface area contributed by atoms with E-state index in [9.17, 15) is 8.42 Å². The summed E-state index contributed by atoms with van der Waals surface area (Å²) in [4.78, 5) is 0. The van der Waals surface area contributed by atoms with Gasteiger partial charge in [-0.25, -0.2) is 0 Å². The number of benzene rings is 1. The molecule has 1 rings (SSSR count). The van der Waals surface area contributed by atoms with Gasteiger partial charge in [0.2, 0.25) is 0 Å². The summed E-state index contributed by atoms with van der Waals surface area (Å²) in [5.74, 6) is 0.343. The van der Waals surface area contributed by atoms with Crippen LogP contribution in [0.15, 0.2) is 30.3 Å². The first-order chi connectivity index (χ1) is 5.08.